The van der Waals surface area contributed by atoms with Crippen molar-refractivity contribution in [1.82, 2.24) is 9.97 Å². The highest BCUT2D eigenvalue weighted by atomic mass is 19.1. The fraction of sp³-hybridized carbons (Fsp3) is 0.0556. The molecule has 0 saturated heterocycles. The molecule has 0 unspecified atom stereocenters. The predicted octanol–water partition coefficient (Wildman–Crippen LogP) is 3.89. The van der Waals surface area contributed by atoms with E-state index >= 15 is 0 Å². The van der Waals surface area contributed by atoms with Gasteiger partial charge in [-0.15, -0.1) is 0 Å². The number of carbonyl (C=O) groups excluding carboxylic acids is 1. The average Bonchev–Trinajstić information content (AvgIpc) is 2.55. The first-order valence-corrected chi connectivity index (χ1v) is 7.24. The summed E-state index contributed by atoms with van der Waals surface area (Å²) in [6.07, 6.45) is 1.46. The van der Waals surface area contributed by atoms with Gasteiger partial charge in [0.1, 0.15) is 23.7 Å². The first kappa shape index (κ1) is 15.6. The molecule has 0 aliphatic rings. The average molecular weight is 323 g/mol. The molecular weight excluding hydrogens is 309 g/mol. The van der Waals surface area contributed by atoms with E-state index in [0.29, 0.717) is 17.3 Å². The van der Waals surface area contributed by atoms with Crippen LogP contribution >= 0.6 is 0 Å². The summed E-state index contributed by atoms with van der Waals surface area (Å²) < 4.78 is 18.9. The molecular formula is C18H14FN3O2. The van der Waals surface area contributed by atoms with Crippen LogP contribution in [0.15, 0.2) is 60.9 Å². The molecule has 0 radical (unpaired) electrons. The van der Waals surface area contributed by atoms with Crippen molar-refractivity contribution in [3.8, 4) is 5.75 Å². The van der Waals surface area contributed by atoms with E-state index in [1.807, 2.05) is 6.92 Å². The molecule has 0 bridgehead atoms. The molecule has 0 fully saturated rings. The van der Waals surface area contributed by atoms with Crippen molar-refractivity contribution in [2.75, 3.05) is 5.32 Å². The van der Waals surface area contributed by atoms with Crippen molar-refractivity contribution in [1.29, 1.82) is 0 Å². The monoisotopic (exact) mass is 323 g/mol. The zero-order chi connectivity index (χ0) is 16.9. The second-order valence-corrected chi connectivity index (χ2v) is 5.07. The summed E-state index contributed by atoms with van der Waals surface area (Å²) in [6.45, 7) is 1.86. The Morgan fingerprint density at radius 3 is 2.71 bits per heavy atom. The van der Waals surface area contributed by atoms with Gasteiger partial charge in [-0.2, -0.15) is 0 Å². The first-order chi connectivity index (χ1) is 11.6. The lowest BCUT2D eigenvalue weighted by molar-refractivity contribution is 0.0730. The number of anilines is 2. The van der Waals surface area contributed by atoms with Crippen molar-refractivity contribution >= 4 is 17.5 Å². The Hall–Kier alpha value is -3.28. The Bertz CT molecular complexity index is 883. The standard InChI is InChI=1S/C18H14FN3O2/c1-12-9-17(21-11-20-12)22-13-5-4-6-14(10-13)24-18(23)15-7-2-3-8-16(15)19/h2-11H,1H3,(H,20,21,22). The van der Waals surface area contributed by atoms with E-state index in [4.69, 9.17) is 4.74 Å². The Labute approximate surface area is 138 Å². The first-order valence-electron chi connectivity index (χ1n) is 7.24. The Morgan fingerprint density at radius 1 is 1.08 bits per heavy atom. The summed E-state index contributed by atoms with van der Waals surface area (Å²) in [5, 5.41) is 3.09. The largest absolute Gasteiger partial charge is 0.423 e. The number of aromatic nitrogens is 2. The van der Waals surface area contributed by atoms with Gasteiger partial charge in [0.25, 0.3) is 0 Å². The zero-order valence-corrected chi connectivity index (χ0v) is 12.9. The molecule has 1 aromatic heterocycles. The van der Waals surface area contributed by atoms with Gasteiger partial charge in [-0.05, 0) is 31.2 Å². The number of esters is 1. The Balaban J connectivity index is 1.76. The van der Waals surface area contributed by atoms with Gasteiger partial charge in [0.05, 0.1) is 5.56 Å². The molecule has 0 aliphatic carbocycles. The van der Waals surface area contributed by atoms with Crippen LogP contribution in [0.2, 0.25) is 0 Å². The number of nitrogens with one attached hydrogen (secondary N) is 1. The van der Waals surface area contributed by atoms with E-state index in [-0.39, 0.29) is 5.56 Å². The second-order valence-electron chi connectivity index (χ2n) is 5.07. The molecule has 6 heteroatoms. The van der Waals surface area contributed by atoms with Gasteiger partial charge >= 0.3 is 5.97 Å². The minimum absolute atomic E-state index is 0.109. The third-order valence-corrected chi connectivity index (χ3v) is 3.21. The van der Waals surface area contributed by atoms with Crippen LogP contribution in [0.5, 0.6) is 5.75 Å². The minimum atomic E-state index is -0.747. The number of aryl methyl sites for hydroxylation is 1. The van der Waals surface area contributed by atoms with Crippen molar-refractivity contribution in [3.63, 3.8) is 0 Å². The van der Waals surface area contributed by atoms with E-state index in [1.165, 1.54) is 24.5 Å². The number of nitrogens with zero attached hydrogens (tertiary/aromatic N) is 2. The van der Waals surface area contributed by atoms with Gasteiger partial charge in [0.15, 0.2) is 0 Å². The van der Waals surface area contributed by atoms with Gasteiger partial charge in [-0.3, -0.25) is 0 Å². The highest BCUT2D eigenvalue weighted by Crippen LogP contribution is 2.22. The zero-order valence-electron chi connectivity index (χ0n) is 12.9. The lowest BCUT2D eigenvalue weighted by atomic mass is 10.2. The molecule has 24 heavy (non-hydrogen) atoms. The highest BCUT2D eigenvalue weighted by molar-refractivity contribution is 5.91. The summed E-state index contributed by atoms with van der Waals surface area (Å²) in [5.74, 6) is -0.435. The maximum atomic E-state index is 13.6. The van der Waals surface area contributed by atoms with E-state index in [0.717, 1.165) is 5.69 Å². The topological polar surface area (TPSA) is 64.1 Å². The van der Waals surface area contributed by atoms with Crippen molar-refractivity contribution < 1.29 is 13.9 Å². The van der Waals surface area contributed by atoms with Crippen LogP contribution in [0.3, 0.4) is 0 Å². The number of ether oxygens (including phenoxy) is 1. The summed E-state index contributed by atoms with van der Waals surface area (Å²) in [4.78, 5) is 20.2. The van der Waals surface area contributed by atoms with Crippen LogP contribution in [-0.2, 0) is 0 Å². The SMILES string of the molecule is Cc1cc(Nc2cccc(OC(=O)c3ccccc3F)c2)ncn1. The van der Waals surface area contributed by atoms with Gasteiger partial charge in [-0.1, -0.05) is 18.2 Å². The molecule has 120 valence electrons. The lowest BCUT2D eigenvalue weighted by Gasteiger charge is -2.09. The molecule has 0 atom stereocenters. The van der Waals surface area contributed by atoms with Crippen LogP contribution < -0.4 is 10.1 Å². The molecule has 3 aromatic rings. The molecule has 0 aliphatic heterocycles. The quantitative estimate of drug-likeness (QED) is 0.583. The van der Waals surface area contributed by atoms with E-state index in [9.17, 15) is 9.18 Å². The smallest absolute Gasteiger partial charge is 0.346 e. The fourth-order valence-corrected chi connectivity index (χ4v) is 2.10. The minimum Gasteiger partial charge on any atom is -0.423 e. The van der Waals surface area contributed by atoms with Crippen LogP contribution in [-0.4, -0.2) is 15.9 Å². The number of hydrogen-bond acceptors (Lipinski definition) is 5. The number of benzene rings is 2. The van der Waals surface area contributed by atoms with Crippen LogP contribution in [0.1, 0.15) is 16.1 Å². The summed E-state index contributed by atoms with van der Waals surface area (Å²) >= 11 is 0. The van der Waals surface area contributed by atoms with Gasteiger partial charge in [0, 0.05) is 23.5 Å². The molecule has 0 spiro atoms. The third-order valence-electron chi connectivity index (χ3n) is 3.21. The summed E-state index contributed by atoms with van der Waals surface area (Å²) in [7, 11) is 0. The highest BCUT2D eigenvalue weighted by Gasteiger charge is 2.13. The van der Waals surface area contributed by atoms with Crippen LogP contribution in [0.25, 0.3) is 0 Å². The predicted molar refractivity (Wildman–Crippen MR) is 87.9 cm³/mol. The van der Waals surface area contributed by atoms with E-state index in [2.05, 4.69) is 15.3 Å². The number of carbonyl (C=O) groups is 1. The summed E-state index contributed by atoms with van der Waals surface area (Å²) in [6, 6.07) is 14.3. The molecule has 1 heterocycles. The lowest BCUT2D eigenvalue weighted by Crippen LogP contribution is -2.10. The maximum absolute atomic E-state index is 13.6. The van der Waals surface area contributed by atoms with E-state index < -0.39 is 11.8 Å². The molecule has 0 amide bonds. The molecule has 5 nitrogen and oxygen atoms in total. The van der Waals surface area contributed by atoms with E-state index in [1.54, 1.807) is 36.4 Å². The molecule has 3 rings (SSSR count). The Morgan fingerprint density at radius 2 is 1.92 bits per heavy atom. The van der Waals surface area contributed by atoms with Gasteiger partial charge in [0.2, 0.25) is 0 Å². The summed E-state index contributed by atoms with van der Waals surface area (Å²) in [5.41, 5.74) is 1.41. The third kappa shape index (κ3) is 3.73. The fourth-order valence-electron chi connectivity index (χ4n) is 2.10. The molecule has 2 aromatic carbocycles. The van der Waals surface area contributed by atoms with Crippen LogP contribution in [0, 0.1) is 12.7 Å². The molecule has 1 N–H and O–H groups in total. The van der Waals surface area contributed by atoms with Gasteiger partial charge < -0.3 is 10.1 Å². The maximum Gasteiger partial charge on any atom is 0.346 e. The van der Waals surface area contributed by atoms with Crippen LogP contribution in [0.4, 0.5) is 15.9 Å². The second kappa shape index (κ2) is 6.87. The van der Waals surface area contributed by atoms with Crippen molar-refractivity contribution in [2.24, 2.45) is 0 Å². The number of hydrogen-bond donors (Lipinski definition) is 1. The number of rotatable bonds is 4. The normalized spacial score (nSPS) is 10.2. The Kier molecular flexibility index (Phi) is 4.47. The van der Waals surface area contributed by atoms with Crippen molar-refractivity contribution in [2.45, 2.75) is 6.92 Å². The molecule has 0 saturated carbocycles. The number of halogens is 1. The van der Waals surface area contributed by atoms with Gasteiger partial charge in [-0.25, -0.2) is 19.2 Å². The van der Waals surface area contributed by atoms with Crippen molar-refractivity contribution in [3.05, 3.63) is 78.0 Å².